The van der Waals surface area contributed by atoms with E-state index in [1.54, 1.807) is 13.2 Å². The second kappa shape index (κ2) is 10.6. The molecule has 0 bridgehead atoms. The van der Waals surface area contributed by atoms with Gasteiger partial charge in [-0.1, -0.05) is 32.6 Å². The maximum absolute atomic E-state index is 5.53. The first-order valence-electron chi connectivity index (χ1n) is 6.78. The summed E-state index contributed by atoms with van der Waals surface area (Å²) >= 11 is 0. The number of benzene rings is 1. The van der Waals surface area contributed by atoms with Crippen molar-refractivity contribution >= 4 is 12.4 Å². The summed E-state index contributed by atoms with van der Waals surface area (Å²) in [6.07, 6.45) is 2.92. The Morgan fingerprint density at radius 3 is 2.65 bits per heavy atom. The van der Waals surface area contributed by atoms with Crippen LogP contribution in [0.3, 0.4) is 0 Å². The topological polar surface area (TPSA) is 30.5 Å². The standard InChI is InChI=1S/C16H25NO2.ClH/c1-5-10-19-15-7-6-14(11-16(15)18-4)12-17-9-8-13(2)3;/h5-7,11,13,17H,1,8-10,12H2,2-4H3;1H. The molecule has 3 nitrogen and oxygen atoms in total. The molecular weight excluding hydrogens is 274 g/mol. The van der Waals surface area contributed by atoms with Crippen LogP contribution in [-0.4, -0.2) is 20.3 Å². The molecular formula is C16H26ClNO2. The molecule has 0 aliphatic carbocycles. The number of nitrogens with one attached hydrogen (secondary N) is 1. The molecule has 0 unspecified atom stereocenters. The van der Waals surface area contributed by atoms with Crippen molar-refractivity contribution in [3.8, 4) is 11.5 Å². The molecule has 0 fully saturated rings. The van der Waals surface area contributed by atoms with Gasteiger partial charge in [0.1, 0.15) is 6.61 Å². The molecule has 0 aliphatic rings. The van der Waals surface area contributed by atoms with Gasteiger partial charge in [-0.3, -0.25) is 0 Å². The van der Waals surface area contributed by atoms with E-state index in [4.69, 9.17) is 9.47 Å². The minimum Gasteiger partial charge on any atom is -0.493 e. The van der Waals surface area contributed by atoms with Gasteiger partial charge in [-0.25, -0.2) is 0 Å². The quantitative estimate of drug-likeness (QED) is 0.555. The first-order valence-corrected chi connectivity index (χ1v) is 6.78. The zero-order chi connectivity index (χ0) is 14.1. The van der Waals surface area contributed by atoms with E-state index in [9.17, 15) is 0 Å². The Labute approximate surface area is 128 Å². The fourth-order valence-electron chi connectivity index (χ4n) is 1.71. The molecule has 1 rings (SSSR count). The SMILES string of the molecule is C=CCOc1ccc(CNCCC(C)C)cc1OC.Cl. The third-order valence-electron chi connectivity index (χ3n) is 2.81. The second-order valence-electron chi connectivity index (χ2n) is 4.94. The normalized spacial score (nSPS) is 10.0. The van der Waals surface area contributed by atoms with E-state index in [1.165, 1.54) is 12.0 Å². The lowest BCUT2D eigenvalue weighted by molar-refractivity contribution is 0.326. The lowest BCUT2D eigenvalue weighted by atomic mass is 10.1. The van der Waals surface area contributed by atoms with Crippen molar-refractivity contribution in [1.29, 1.82) is 0 Å². The lowest BCUT2D eigenvalue weighted by Gasteiger charge is -2.12. The summed E-state index contributed by atoms with van der Waals surface area (Å²) in [4.78, 5) is 0. The van der Waals surface area contributed by atoms with Crippen LogP contribution in [0.2, 0.25) is 0 Å². The number of hydrogen-bond donors (Lipinski definition) is 1. The van der Waals surface area contributed by atoms with Crippen LogP contribution in [-0.2, 0) is 6.54 Å². The minimum absolute atomic E-state index is 0. The van der Waals surface area contributed by atoms with Gasteiger partial charge in [-0.05, 0) is 36.6 Å². The number of hydrogen-bond acceptors (Lipinski definition) is 3. The number of rotatable bonds is 9. The summed E-state index contributed by atoms with van der Waals surface area (Å²) in [6, 6.07) is 6.02. The smallest absolute Gasteiger partial charge is 0.161 e. The summed E-state index contributed by atoms with van der Waals surface area (Å²) in [6.45, 7) is 10.5. The van der Waals surface area contributed by atoms with Crippen LogP contribution in [0.25, 0.3) is 0 Å². The van der Waals surface area contributed by atoms with Gasteiger partial charge in [0.05, 0.1) is 7.11 Å². The van der Waals surface area contributed by atoms with Crippen LogP contribution in [0.1, 0.15) is 25.8 Å². The fourth-order valence-corrected chi connectivity index (χ4v) is 1.71. The van der Waals surface area contributed by atoms with Crippen LogP contribution < -0.4 is 14.8 Å². The van der Waals surface area contributed by atoms with E-state index in [0.717, 1.165) is 30.5 Å². The summed E-state index contributed by atoms with van der Waals surface area (Å²) in [5.41, 5.74) is 1.20. The molecule has 4 heteroatoms. The molecule has 0 heterocycles. The van der Waals surface area contributed by atoms with Crippen molar-refractivity contribution in [2.45, 2.75) is 26.8 Å². The Kier molecular flexibility index (Phi) is 9.95. The fraction of sp³-hybridized carbons (Fsp3) is 0.500. The molecule has 114 valence electrons. The minimum atomic E-state index is 0. The molecule has 0 aliphatic heterocycles. The van der Waals surface area contributed by atoms with Gasteiger partial charge in [-0.15, -0.1) is 12.4 Å². The van der Waals surface area contributed by atoms with Gasteiger partial charge in [0.25, 0.3) is 0 Å². The predicted octanol–water partition coefficient (Wildman–Crippen LogP) is 3.82. The van der Waals surface area contributed by atoms with Crippen LogP contribution in [0.5, 0.6) is 11.5 Å². The van der Waals surface area contributed by atoms with Crippen molar-refractivity contribution in [2.75, 3.05) is 20.3 Å². The first-order chi connectivity index (χ1) is 9.17. The molecule has 20 heavy (non-hydrogen) atoms. The van der Waals surface area contributed by atoms with Crippen molar-refractivity contribution < 1.29 is 9.47 Å². The highest BCUT2D eigenvalue weighted by molar-refractivity contribution is 5.85. The van der Waals surface area contributed by atoms with E-state index in [2.05, 4.69) is 31.8 Å². The summed E-state index contributed by atoms with van der Waals surface area (Å²) < 4.78 is 10.9. The second-order valence-corrected chi connectivity index (χ2v) is 4.94. The molecule has 0 amide bonds. The van der Waals surface area contributed by atoms with Crippen LogP contribution in [0.4, 0.5) is 0 Å². The largest absolute Gasteiger partial charge is 0.493 e. The monoisotopic (exact) mass is 299 g/mol. The molecule has 0 radical (unpaired) electrons. The zero-order valence-corrected chi connectivity index (χ0v) is 13.5. The van der Waals surface area contributed by atoms with Crippen LogP contribution in [0, 0.1) is 5.92 Å². The van der Waals surface area contributed by atoms with Gasteiger partial charge < -0.3 is 14.8 Å². The van der Waals surface area contributed by atoms with Crippen molar-refractivity contribution in [2.24, 2.45) is 5.92 Å². The maximum Gasteiger partial charge on any atom is 0.161 e. The summed E-state index contributed by atoms with van der Waals surface area (Å²) in [5.74, 6) is 2.26. The Bertz CT molecular complexity index is 394. The van der Waals surface area contributed by atoms with Gasteiger partial charge in [0, 0.05) is 6.54 Å². The average molecular weight is 300 g/mol. The highest BCUT2D eigenvalue weighted by Gasteiger charge is 2.05. The molecule has 0 atom stereocenters. The highest BCUT2D eigenvalue weighted by atomic mass is 35.5. The summed E-state index contributed by atoms with van der Waals surface area (Å²) in [7, 11) is 1.66. The number of ether oxygens (including phenoxy) is 2. The van der Waals surface area contributed by atoms with E-state index >= 15 is 0 Å². The Balaban J connectivity index is 0.00000361. The summed E-state index contributed by atoms with van der Waals surface area (Å²) in [5, 5.41) is 3.43. The molecule has 1 aromatic carbocycles. The Morgan fingerprint density at radius 1 is 1.30 bits per heavy atom. The third-order valence-corrected chi connectivity index (χ3v) is 2.81. The third kappa shape index (κ3) is 6.83. The van der Waals surface area contributed by atoms with Gasteiger partial charge in [0.15, 0.2) is 11.5 Å². The number of methoxy groups -OCH3 is 1. The average Bonchev–Trinajstić information content (AvgIpc) is 2.41. The molecule has 0 saturated heterocycles. The van der Waals surface area contributed by atoms with Crippen molar-refractivity contribution in [3.63, 3.8) is 0 Å². The first kappa shape index (κ1) is 18.8. The van der Waals surface area contributed by atoms with Gasteiger partial charge in [-0.2, -0.15) is 0 Å². The van der Waals surface area contributed by atoms with Gasteiger partial charge >= 0.3 is 0 Å². The van der Waals surface area contributed by atoms with E-state index in [-0.39, 0.29) is 12.4 Å². The van der Waals surface area contributed by atoms with E-state index < -0.39 is 0 Å². The maximum atomic E-state index is 5.53. The molecule has 1 N–H and O–H groups in total. The molecule has 1 aromatic rings. The molecule has 0 spiro atoms. The predicted molar refractivity (Wildman–Crippen MR) is 87.1 cm³/mol. The molecule has 0 saturated carbocycles. The van der Waals surface area contributed by atoms with Crippen molar-refractivity contribution in [3.05, 3.63) is 36.4 Å². The van der Waals surface area contributed by atoms with Crippen LogP contribution in [0.15, 0.2) is 30.9 Å². The Morgan fingerprint density at radius 2 is 2.05 bits per heavy atom. The van der Waals surface area contributed by atoms with E-state index in [1.807, 2.05) is 12.1 Å². The van der Waals surface area contributed by atoms with Crippen molar-refractivity contribution in [1.82, 2.24) is 5.32 Å². The van der Waals surface area contributed by atoms with Crippen LogP contribution >= 0.6 is 12.4 Å². The highest BCUT2D eigenvalue weighted by Crippen LogP contribution is 2.28. The van der Waals surface area contributed by atoms with E-state index in [0.29, 0.717) is 6.61 Å². The Hall–Kier alpha value is -1.19. The molecule has 0 aromatic heterocycles. The zero-order valence-electron chi connectivity index (χ0n) is 12.6. The van der Waals surface area contributed by atoms with Gasteiger partial charge in [0.2, 0.25) is 0 Å². The lowest BCUT2D eigenvalue weighted by Crippen LogP contribution is -2.16. The number of halogens is 1.